The summed E-state index contributed by atoms with van der Waals surface area (Å²) in [4.78, 5) is 30.7. The highest BCUT2D eigenvalue weighted by atomic mass is 16.5. The molecule has 0 spiro atoms. The van der Waals surface area contributed by atoms with Gasteiger partial charge in [0.15, 0.2) is 0 Å². The molecule has 182 valence electrons. The van der Waals surface area contributed by atoms with E-state index in [-0.39, 0.29) is 36.3 Å². The van der Waals surface area contributed by atoms with Crippen LogP contribution in [-0.2, 0) is 27.4 Å². The van der Waals surface area contributed by atoms with Crippen LogP contribution in [-0.4, -0.2) is 47.4 Å². The predicted octanol–water partition coefficient (Wildman–Crippen LogP) is 4.62. The molecule has 5 rings (SSSR count). The Bertz CT molecular complexity index is 1090. The van der Waals surface area contributed by atoms with Gasteiger partial charge in [-0.25, -0.2) is 0 Å². The Kier molecular flexibility index (Phi) is 7.28. The summed E-state index contributed by atoms with van der Waals surface area (Å²) in [6.45, 7) is 2.04. The molecule has 0 radical (unpaired) electrons. The number of amides is 2. The molecule has 2 aliphatic rings. The minimum Gasteiger partial charge on any atom is -0.467 e. The Morgan fingerprint density at radius 3 is 2.34 bits per heavy atom. The van der Waals surface area contributed by atoms with E-state index in [1.165, 1.54) is 5.56 Å². The summed E-state index contributed by atoms with van der Waals surface area (Å²) in [5.74, 6) is 0.847. The van der Waals surface area contributed by atoms with Crippen molar-refractivity contribution in [1.29, 1.82) is 0 Å². The van der Waals surface area contributed by atoms with Crippen molar-refractivity contribution in [3.8, 4) is 0 Å². The highest BCUT2D eigenvalue weighted by Crippen LogP contribution is 2.48. The van der Waals surface area contributed by atoms with Crippen molar-refractivity contribution in [2.75, 3.05) is 19.7 Å². The topological polar surface area (TPSA) is 63.0 Å². The Labute approximate surface area is 206 Å². The van der Waals surface area contributed by atoms with Crippen LogP contribution in [0, 0.1) is 5.92 Å². The van der Waals surface area contributed by atoms with Crippen molar-refractivity contribution in [2.24, 2.45) is 5.92 Å². The third kappa shape index (κ3) is 6.01. The molecule has 2 fully saturated rings. The lowest BCUT2D eigenvalue weighted by molar-refractivity contribution is -0.143. The number of ether oxygens (including phenoxy) is 1. The smallest absolute Gasteiger partial charge is 0.242 e. The molecule has 3 unspecified atom stereocenters. The van der Waals surface area contributed by atoms with Crippen LogP contribution in [0.2, 0.25) is 0 Å². The summed E-state index contributed by atoms with van der Waals surface area (Å²) in [7, 11) is 0. The van der Waals surface area contributed by atoms with Crippen LogP contribution < -0.4 is 0 Å². The lowest BCUT2D eigenvalue weighted by Crippen LogP contribution is -2.46. The van der Waals surface area contributed by atoms with Crippen LogP contribution in [0.1, 0.15) is 42.1 Å². The first-order chi connectivity index (χ1) is 17.2. The minimum atomic E-state index is -0.0893. The monoisotopic (exact) mass is 472 g/mol. The number of carbonyl (C=O) groups excluding carboxylic acids is 2. The van der Waals surface area contributed by atoms with E-state index in [0.717, 1.165) is 37.2 Å². The molecule has 6 heteroatoms. The van der Waals surface area contributed by atoms with Gasteiger partial charge in [0.2, 0.25) is 11.8 Å². The summed E-state index contributed by atoms with van der Waals surface area (Å²) >= 11 is 0. The van der Waals surface area contributed by atoms with E-state index in [4.69, 9.17) is 9.15 Å². The molecule has 2 aromatic carbocycles. The van der Waals surface area contributed by atoms with Gasteiger partial charge in [0.25, 0.3) is 0 Å². The zero-order valence-electron chi connectivity index (χ0n) is 19.9. The SMILES string of the molecule is O=C(CN(CC1CCCO1)C(=O)C1CC1c1ccccc1)N(Cc1ccccc1)Cc1ccco1. The van der Waals surface area contributed by atoms with E-state index in [2.05, 4.69) is 12.1 Å². The van der Waals surface area contributed by atoms with E-state index >= 15 is 0 Å². The van der Waals surface area contributed by atoms with Gasteiger partial charge in [-0.2, -0.15) is 0 Å². The highest BCUT2D eigenvalue weighted by Gasteiger charge is 2.46. The maximum atomic E-state index is 13.6. The predicted molar refractivity (Wildman–Crippen MR) is 132 cm³/mol. The van der Waals surface area contributed by atoms with Gasteiger partial charge in [-0.3, -0.25) is 9.59 Å². The molecule has 0 bridgehead atoms. The first-order valence-corrected chi connectivity index (χ1v) is 12.5. The van der Waals surface area contributed by atoms with E-state index in [9.17, 15) is 9.59 Å². The average molecular weight is 473 g/mol. The largest absolute Gasteiger partial charge is 0.467 e. The molecule has 6 nitrogen and oxygen atoms in total. The fourth-order valence-corrected chi connectivity index (χ4v) is 4.93. The molecule has 2 amide bonds. The Morgan fingerprint density at radius 2 is 1.66 bits per heavy atom. The maximum Gasteiger partial charge on any atom is 0.242 e. The molecular weight excluding hydrogens is 440 g/mol. The summed E-state index contributed by atoms with van der Waals surface area (Å²) in [5.41, 5.74) is 2.23. The Morgan fingerprint density at radius 1 is 0.886 bits per heavy atom. The molecule has 1 aliphatic heterocycles. The van der Waals surface area contributed by atoms with Crippen LogP contribution >= 0.6 is 0 Å². The van der Waals surface area contributed by atoms with E-state index < -0.39 is 0 Å². The fourth-order valence-electron chi connectivity index (χ4n) is 4.93. The molecule has 3 atom stereocenters. The normalized spacial score (nSPS) is 21.0. The summed E-state index contributed by atoms with van der Waals surface area (Å²) in [5, 5.41) is 0. The van der Waals surface area contributed by atoms with E-state index in [1.807, 2.05) is 60.7 Å². The lowest BCUT2D eigenvalue weighted by atomic mass is 10.1. The quantitative estimate of drug-likeness (QED) is 0.432. The highest BCUT2D eigenvalue weighted by molar-refractivity contribution is 5.88. The van der Waals surface area contributed by atoms with Gasteiger partial charge in [0.05, 0.1) is 25.5 Å². The minimum absolute atomic E-state index is 0.00618. The zero-order chi connectivity index (χ0) is 24.0. The third-order valence-corrected chi connectivity index (χ3v) is 6.92. The Hall–Kier alpha value is -3.38. The number of nitrogens with zero attached hydrogens (tertiary/aromatic N) is 2. The molecule has 1 saturated carbocycles. The van der Waals surface area contributed by atoms with Crippen LogP contribution in [0.25, 0.3) is 0 Å². The average Bonchev–Trinajstić information content (AvgIpc) is 3.23. The number of carbonyl (C=O) groups is 2. The number of rotatable bonds is 10. The second kappa shape index (κ2) is 10.9. The standard InChI is InChI=1S/C29H32N2O4/c32-28(30(19-24-13-7-15-34-24)18-22-9-3-1-4-10-22)21-31(20-25-14-8-16-35-25)29(33)27-17-26(27)23-11-5-2-6-12-23/h1-7,9-13,15,25-27H,8,14,16-21H2. The summed E-state index contributed by atoms with van der Waals surface area (Å²) < 4.78 is 11.4. The number of hydrogen-bond donors (Lipinski definition) is 0. The maximum absolute atomic E-state index is 13.6. The van der Waals surface area contributed by atoms with Crippen molar-refractivity contribution in [2.45, 2.75) is 44.4 Å². The second-order valence-corrected chi connectivity index (χ2v) is 9.53. The van der Waals surface area contributed by atoms with Gasteiger partial charge < -0.3 is 19.0 Å². The van der Waals surface area contributed by atoms with Crippen molar-refractivity contribution < 1.29 is 18.7 Å². The van der Waals surface area contributed by atoms with Gasteiger partial charge in [0.1, 0.15) is 5.76 Å². The third-order valence-electron chi connectivity index (χ3n) is 6.92. The molecule has 35 heavy (non-hydrogen) atoms. The molecular formula is C29H32N2O4. The number of benzene rings is 2. The summed E-state index contributed by atoms with van der Waals surface area (Å²) in [6, 6.07) is 23.8. The zero-order valence-corrected chi connectivity index (χ0v) is 19.9. The van der Waals surface area contributed by atoms with Gasteiger partial charge in [-0.1, -0.05) is 60.7 Å². The van der Waals surface area contributed by atoms with Crippen LogP contribution in [0.5, 0.6) is 0 Å². The van der Waals surface area contributed by atoms with Crippen LogP contribution in [0.15, 0.2) is 83.5 Å². The molecule has 1 aliphatic carbocycles. The van der Waals surface area contributed by atoms with E-state index in [0.29, 0.717) is 19.6 Å². The van der Waals surface area contributed by atoms with Crippen molar-refractivity contribution in [3.05, 3.63) is 95.9 Å². The van der Waals surface area contributed by atoms with Gasteiger partial charge >= 0.3 is 0 Å². The van der Waals surface area contributed by atoms with Crippen LogP contribution in [0.3, 0.4) is 0 Å². The molecule has 0 N–H and O–H groups in total. The molecule has 1 aromatic heterocycles. The fraction of sp³-hybridized carbons (Fsp3) is 0.379. The lowest BCUT2D eigenvalue weighted by Gasteiger charge is -2.29. The molecule has 2 heterocycles. The first-order valence-electron chi connectivity index (χ1n) is 12.5. The second-order valence-electron chi connectivity index (χ2n) is 9.53. The number of hydrogen-bond acceptors (Lipinski definition) is 4. The van der Waals surface area contributed by atoms with Gasteiger partial charge in [-0.05, 0) is 48.4 Å². The van der Waals surface area contributed by atoms with Crippen molar-refractivity contribution >= 4 is 11.8 Å². The van der Waals surface area contributed by atoms with Crippen molar-refractivity contribution in [3.63, 3.8) is 0 Å². The van der Waals surface area contributed by atoms with Gasteiger partial charge in [-0.15, -0.1) is 0 Å². The Balaban J connectivity index is 1.31. The van der Waals surface area contributed by atoms with E-state index in [1.54, 1.807) is 16.1 Å². The van der Waals surface area contributed by atoms with Gasteiger partial charge in [0, 0.05) is 25.6 Å². The summed E-state index contributed by atoms with van der Waals surface area (Å²) in [6.07, 6.45) is 4.36. The number of furan rings is 1. The molecule has 3 aromatic rings. The molecule has 1 saturated heterocycles. The van der Waals surface area contributed by atoms with Crippen LogP contribution in [0.4, 0.5) is 0 Å². The van der Waals surface area contributed by atoms with Crippen molar-refractivity contribution in [1.82, 2.24) is 9.80 Å². The first kappa shape index (κ1) is 23.4.